The fourth-order valence-corrected chi connectivity index (χ4v) is 2.63. The second-order valence-electron chi connectivity index (χ2n) is 5.31. The average molecular weight is 317 g/mol. The highest BCUT2D eigenvalue weighted by molar-refractivity contribution is 5.92. The van der Waals surface area contributed by atoms with Gasteiger partial charge in [0, 0.05) is 44.2 Å². The van der Waals surface area contributed by atoms with Gasteiger partial charge in [0.15, 0.2) is 11.5 Å². The first kappa shape index (κ1) is 15.3. The maximum atomic E-state index is 13.6. The van der Waals surface area contributed by atoms with Crippen LogP contribution in [0.1, 0.15) is 10.5 Å². The lowest BCUT2D eigenvalue weighted by Crippen LogP contribution is -2.42. The molecule has 0 saturated carbocycles. The molecule has 2 aromatic rings. The van der Waals surface area contributed by atoms with E-state index in [9.17, 15) is 14.3 Å². The van der Waals surface area contributed by atoms with Crippen molar-refractivity contribution in [2.45, 2.75) is 6.04 Å². The number of carbonyl (C=O) groups is 1. The maximum absolute atomic E-state index is 13.6. The van der Waals surface area contributed by atoms with Crippen LogP contribution in [0.5, 0.6) is 0 Å². The summed E-state index contributed by atoms with van der Waals surface area (Å²) < 4.78 is 13.6. The highest BCUT2D eigenvalue weighted by atomic mass is 19.1. The van der Waals surface area contributed by atoms with Crippen molar-refractivity contribution >= 4 is 11.9 Å². The number of nitrogens with zero attached hydrogens (tertiary/aromatic N) is 4. The number of halogens is 1. The Morgan fingerprint density at radius 1 is 1.26 bits per heavy atom. The molecule has 1 aliphatic rings. The molecular weight excluding hydrogens is 301 g/mol. The Balaban J connectivity index is 1.72. The van der Waals surface area contributed by atoms with Crippen LogP contribution in [0.4, 0.5) is 10.3 Å². The number of aliphatic hydroxyl groups is 1. The largest absolute Gasteiger partial charge is 0.396 e. The summed E-state index contributed by atoms with van der Waals surface area (Å²) in [7, 11) is 0. The number of aliphatic hydroxyl groups excluding tert-OH is 1. The lowest BCUT2D eigenvalue weighted by atomic mass is 10.1. The Labute approximate surface area is 132 Å². The van der Waals surface area contributed by atoms with E-state index in [-0.39, 0.29) is 24.3 Å². The summed E-state index contributed by atoms with van der Waals surface area (Å²) in [6, 6.07) is 3.99. The minimum Gasteiger partial charge on any atom is -0.396 e. The first-order chi connectivity index (χ1) is 11.2. The molecule has 0 bridgehead atoms. The summed E-state index contributed by atoms with van der Waals surface area (Å²) in [6.07, 6.45) is 4.62. The van der Waals surface area contributed by atoms with E-state index in [1.165, 1.54) is 18.3 Å². The molecule has 0 unspecified atom stereocenters. The first-order valence-corrected chi connectivity index (χ1v) is 7.23. The fraction of sp³-hybridized carbons (Fsp3) is 0.333. The Morgan fingerprint density at radius 3 is 2.70 bits per heavy atom. The molecule has 3 rings (SSSR count). The predicted octanol–water partition coefficient (Wildman–Crippen LogP) is 0.238. The van der Waals surface area contributed by atoms with Crippen molar-refractivity contribution in [3.8, 4) is 0 Å². The lowest BCUT2D eigenvalue weighted by Gasteiger charge is -2.17. The summed E-state index contributed by atoms with van der Waals surface area (Å²) in [5.41, 5.74) is -0.251. The zero-order chi connectivity index (χ0) is 16.2. The molecule has 0 aliphatic carbocycles. The summed E-state index contributed by atoms with van der Waals surface area (Å²) >= 11 is 0. The van der Waals surface area contributed by atoms with Gasteiger partial charge in [-0.05, 0) is 18.2 Å². The van der Waals surface area contributed by atoms with E-state index < -0.39 is 11.7 Å². The Morgan fingerprint density at radius 2 is 2.00 bits per heavy atom. The van der Waals surface area contributed by atoms with E-state index in [0.29, 0.717) is 19.0 Å². The normalized spacial score (nSPS) is 20.5. The third-order valence-electron chi connectivity index (χ3n) is 3.80. The second kappa shape index (κ2) is 6.66. The van der Waals surface area contributed by atoms with Crippen LogP contribution in [0, 0.1) is 11.7 Å². The molecule has 23 heavy (non-hydrogen) atoms. The van der Waals surface area contributed by atoms with Gasteiger partial charge in [0.05, 0.1) is 6.04 Å². The summed E-state index contributed by atoms with van der Waals surface area (Å²) in [6.45, 7) is 0.852. The minimum absolute atomic E-state index is 0.0982. The number of anilines is 1. The van der Waals surface area contributed by atoms with Crippen molar-refractivity contribution in [1.29, 1.82) is 0 Å². The molecule has 1 aliphatic heterocycles. The molecular formula is C15H16FN5O2. The molecule has 0 radical (unpaired) electrons. The van der Waals surface area contributed by atoms with Gasteiger partial charge in [-0.25, -0.2) is 19.3 Å². The van der Waals surface area contributed by atoms with Crippen LogP contribution in [0.15, 0.2) is 36.8 Å². The molecule has 7 nitrogen and oxygen atoms in total. The number of carbonyl (C=O) groups excluding carboxylic acids is 1. The van der Waals surface area contributed by atoms with E-state index in [4.69, 9.17) is 0 Å². The molecule has 8 heteroatoms. The number of pyridine rings is 1. The van der Waals surface area contributed by atoms with Crippen molar-refractivity contribution in [2.24, 2.45) is 5.92 Å². The molecule has 2 atom stereocenters. The summed E-state index contributed by atoms with van der Waals surface area (Å²) in [4.78, 5) is 26.1. The topological polar surface area (TPSA) is 91.2 Å². The fourth-order valence-electron chi connectivity index (χ4n) is 2.63. The van der Waals surface area contributed by atoms with Crippen molar-refractivity contribution in [1.82, 2.24) is 20.3 Å². The van der Waals surface area contributed by atoms with Crippen LogP contribution >= 0.6 is 0 Å². The highest BCUT2D eigenvalue weighted by Crippen LogP contribution is 2.21. The van der Waals surface area contributed by atoms with Crippen LogP contribution in [0.3, 0.4) is 0 Å². The van der Waals surface area contributed by atoms with Crippen LogP contribution in [0.25, 0.3) is 0 Å². The van der Waals surface area contributed by atoms with E-state index in [0.717, 1.165) is 0 Å². The average Bonchev–Trinajstić information content (AvgIpc) is 2.99. The molecule has 1 amide bonds. The number of nitrogens with one attached hydrogen (secondary N) is 1. The number of hydrogen-bond acceptors (Lipinski definition) is 6. The highest BCUT2D eigenvalue weighted by Gasteiger charge is 2.35. The molecule has 3 heterocycles. The van der Waals surface area contributed by atoms with Crippen LogP contribution in [-0.2, 0) is 0 Å². The van der Waals surface area contributed by atoms with Crippen molar-refractivity contribution in [2.75, 3.05) is 24.6 Å². The predicted molar refractivity (Wildman–Crippen MR) is 80.3 cm³/mol. The van der Waals surface area contributed by atoms with E-state index in [2.05, 4.69) is 20.3 Å². The summed E-state index contributed by atoms with van der Waals surface area (Å²) in [5.74, 6) is -0.921. The Bertz CT molecular complexity index is 685. The molecule has 1 fully saturated rings. The van der Waals surface area contributed by atoms with Gasteiger partial charge in [-0.15, -0.1) is 0 Å². The van der Waals surface area contributed by atoms with Crippen LogP contribution < -0.4 is 10.2 Å². The zero-order valence-corrected chi connectivity index (χ0v) is 12.3. The number of hydrogen-bond donors (Lipinski definition) is 2. The van der Waals surface area contributed by atoms with Gasteiger partial charge in [-0.3, -0.25) is 4.79 Å². The minimum atomic E-state index is -0.674. The van der Waals surface area contributed by atoms with Gasteiger partial charge in [0.1, 0.15) is 0 Å². The maximum Gasteiger partial charge on any atom is 0.273 e. The number of aromatic nitrogens is 3. The molecule has 0 spiro atoms. The van der Waals surface area contributed by atoms with Gasteiger partial charge < -0.3 is 15.3 Å². The first-order valence-electron chi connectivity index (χ1n) is 7.23. The van der Waals surface area contributed by atoms with Crippen molar-refractivity contribution < 1.29 is 14.3 Å². The van der Waals surface area contributed by atoms with Gasteiger partial charge in [-0.1, -0.05) is 0 Å². The van der Waals surface area contributed by atoms with Gasteiger partial charge in [-0.2, -0.15) is 0 Å². The quantitative estimate of drug-likeness (QED) is 0.839. The molecule has 120 valence electrons. The van der Waals surface area contributed by atoms with E-state index in [1.807, 2.05) is 4.90 Å². The van der Waals surface area contributed by atoms with Gasteiger partial charge in [0.25, 0.3) is 5.91 Å². The number of rotatable bonds is 4. The Hall–Kier alpha value is -2.61. The van der Waals surface area contributed by atoms with Gasteiger partial charge >= 0.3 is 0 Å². The number of amides is 1. The van der Waals surface area contributed by atoms with Crippen LogP contribution in [-0.4, -0.2) is 51.7 Å². The van der Waals surface area contributed by atoms with Crippen LogP contribution in [0.2, 0.25) is 0 Å². The lowest BCUT2D eigenvalue weighted by molar-refractivity contribution is 0.0912. The molecule has 0 aromatic carbocycles. The van der Waals surface area contributed by atoms with E-state index >= 15 is 0 Å². The smallest absolute Gasteiger partial charge is 0.273 e. The van der Waals surface area contributed by atoms with Crippen molar-refractivity contribution in [3.63, 3.8) is 0 Å². The third kappa shape index (κ3) is 3.26. The molecule has 1 saturated heterocycles. The Kier molecular flexibility index (Phi) is 4.42. The summed E-state index contributed by atoms with van der Waals surface area (Å²) in [5, 5.41) is 12.3. The third-order valence-corrected chi connectivity index (χ3v) is 3.80. The zero-order valence-electron chi connectivity index (χ0n) is 12.3. The second-order valence-corrected chi connectivity index (χ2v) is 5.31. The molecule has 2 N–H and O–H groups in total. The van der Waals surface area contributed by atoms with Gasteiger partial charge in [0.2, 0.25) is 5.95 Å². The standard InChI is InChI=1S/C15H16FN5O2/c16-11-3-1-4-17-13(11)14(23)20-12-8-21(7-10(12)9-22)15-18-5-2-6-19-15/h1-6,10,12,22H,7-9H2,(H,20,23)/t10-,12+/m0/s1. The molecule has 2 aromatic heterocycles. The van der Waals surface area contributed by atoms with E-state index in [1.54, 1.807) is 18.5 Å². The van der Waals surface area contributed by atoms with Crippen molar-refractivity contribution in [3.05, 3.63) is 48.3 Å². The SMILES string of the molecule is O=C(N[C@@H]1CN(c2ncccn2)C[C@H]1CO)c1ncccc1F. The monoisotopic (exact) mass is 317 g/mol.